The van der Waals surface area contributed by atoms with Gasteiger partial charge < -0.3 is 10.1 Å². The van der Waals surface area contributed by atoms with Crippen molar-refractivity contribution in [3.63, 3.8) is 0 Å². The first-order valence-electron chi connectivity index (χ1n) is 10.6. The van der Waals surface area contributed by atoms with Crippen LogP contribution in [0.2, 0.25) is 5.02 Å². The van der Waals surface area contributed by atoms with E-state index in [1.165, 1.54) is 43.2 Å². The van der Waals surface area contributed by atoms with Crippen LogP contribution in [0, 0.1) is 18.3 Å². The molecule has 2 heterocycles. The maximum Gasteiger partial charge on any atom is 0.440 e. The fourth-order valence-corrected chi connectivity index (χ4v) is 3.73. The van der Waals surface area contributed by atoms with Gasteiger partial charge in [-0.25, -0.2) is 13.8 Å². The molecule has 0 saturated heterocycles. The highest BCUT2D eigenvalue weighted by Gasteiger charge is 2.59. The van der Waals surface area contributed by atoms with Gasteiger partial charge in [0.05, 0.1) is 28.4 Å². The molecule has 196 valence electrons. The van der Waals surface area contributed by atoms with Gasteiger partial charge in [0.1, 0.15) is 5.54 Å². The van der Waals surface area contributed by atoms with Gasteiger partial charge >= 0.3 is 12.3 Å². The van der Waals surface area contributed by atoms with Crippen molar-refractivity contribution in [1.29, 1.82) is 5.26 Å². The second kappa shape index (κ2) is 8.98. The zero-order chi connectivity index (χ0) is 27.3. The molecule has 1 aliphatic carbocycles. The quantitative estimate of drug-likeness (QED) is 0.426. The van der Waals surface area contributed by atoms with Gasteiger partial charge in [-0.05, 0) is 37.5 Å². The van der Waals surface area contributed by atoms with Crippen LogP contribution in [0.3, 0.4) is 0 Å². The third-order valence-electron chi connectivity index (χ3n) is 5.68. The van der Waals surface area contributed by atoms with E-state index in [2.05, 4.69) is 26.3 Å². The molecule has 2 aromatic heterocycles. The first-order chi connectivity index (χ1) is 17.2. The van der Waals surface area contributed by atoms with E-state index in [4.69, 9.17) is 11.6 Å². The van der Waals surface area contributed by atoms with Crippen LogP contribution in [0.4, 0.5) is 26.3 Å². The number of amides is 1. The molecule has 37 heavy (non-hydrogen) atoms. The number of rotatable bonds is 7. The molecule has 0 radical (unpaired) electrons. The SMILES string of the molecule is Cc1c(OC(F)(F)C(F)C(F)(F)F)nn(C)c1-n1cc(-c2ccc(Cl)c(C(=O)NC3(C#N)CC3)c2)cn1. The first kappa shape index (κ1) is 26.3. The minimum absolute atomic E-state index is 0.0519. The zero-order valence-electron chi connectivity index (χ0n) is 19.1. The van der Waals surface area contributed by atoms with Crippen molar-refractivity contribution < 1.29 is 35.9 Å². The Morgan fingerprint density at radius 2 is 1.95 bits per heavy atom. The molecule has 1 amide bonds. The third-order valence-corrected chi connectivity index (χ3v) is 6.01. The van der Waals surface area contributed by atoms with Crippen molar-refractivity contribution in [1.82, 2.24) is 24.9 Å². The molecule has 1 saturated carbocycles. The van der Waals surface area contributed by atoms with E-state index in [-0.39, 0.29) is 22.0 Å². The van der Waals surface area contributed by atoms with Crippen LogP contribution < -0.4 is 10.1 Å². The number of ether oxygens (including phenoxy) is 1. The maximum atomic E-state index is 13.8. The predicted octanol–water partition coefficient (Wildman–Crippen LogP) is 4.89. The number of halogens is 7. The highest BCUT2D eigenvalue weighted by molar-refractivity contribution is 6.34. The molecule has 4 rings (SSSR count). The molecular formula is C22H17ClF6N6O2. The molecule has 0 bridgehead atoms. The Morgan fingerprint density at radius 1 is 1.27 bits per heavy atom. The summed E-state index contributed by atoms with van der Waals surface area (Å²) >= 11 is 6.17. The molecule has 0 aliphatic heterocycles. The topological polar surface area (TPSA) is 97.8 Å². The largest absolute Gasteiger partial charge is 0.440 e. The van der Waals surface area contributed by atoms with E-state index in [9.17, 15) is 36.4 Å². The summed E-state index contributed by atoms with van der Waals surface area (Å²) in [6.07, 6.45) is -11.7. The molecule has 0 spiro atoms. The Morgan fingerprint density at radius 3 is 2.54 bits per heavy atom. The monoisotopic (exact) mass is 546 g/mol. The number of nitrogens with one attached hydrogen (secondary N) is 1. The standard InChI is InChI=1S/C22H17ClF6N6O2/c1-11-17(37-22(28,29)19(24)21(25,26)27)33-34(2)18(11)35-9-13(8-31-35)12-3-4-15(23)14(7-12)16(36)32-20(10-30)5-6-20/h3-4,7-9,19H,5-6H2,1-2H3,(H,32,36). The smallest absolute Gasteiger partial charge is 0.410 e. The van der Waals surface area contributed by atoms with Gasteiger partial charge in [-0.1, -0.05) is 17.7 Å². The number of hydrogen-bond donors (Lipinski definition) is 1. The van der Waals surface area contributed by atoms with Crippen LogP contribution in [0.25, 0.3) is 16.9 Å². The summed E-state index contributed by atoms with van der Waals surface area (Å²) in [7, 11) is 1.30. The van der Waals surface area contributed by atoms with Gasteiger partial charge in [0, 0.05) is 18.8 Å². The Labute approximate surface area is 210 Å². The summed E-state index contributed by atoms with van der Waals surface area (Å²) in [6.45, 7) is 1.24. The van der Waals surface area contributed by atoms with Gasteiger partial charge in [-0.15, -0.1) is 5.10 Å². The molecule has 1 fully saturated rings. The summed E-state index contributed by atoms with van der Waals surface area (Å²) in [6, 6.07) is 6.61. The molecule has 1 N–H and O–H groups in total. The third kappa shape index (κ3) is 5.08. The van der Waals surface area contributed by atoms with Crippen LogP contribution >= 0.6 is 11.6 Å². The van der Waals surface area contributed by atoms with E-state index >= 15 is 0 Å². The van der Waals surface area contributed by atoms with Gasteiger partial charge in [0.2, 0.25) is 5.88 Å². The van der Waals surface area contributed by atoms with Crippen LogP contribution in [-0.4, -0.2) is 49.5 Å². The molecule has 1 aromatic carbocycles. The highest BCUT2D eigenvalue weighted by atomic mass is 35.5. The molecule has 1 atom stereocenters. The molecule has 3 aromatic rings. The van der Waals surface area contributed by atoms with Crippen LogP contribution in [0.1, 0.15) is 28.8 Å². The van der Waals surface area contributed by atoms with Crippen molar-refractivity contribution >= 4 is 17.5 Å². The number of nitriles is 1. The normalized spacial score (nSPS) is 15.7. The average molecular weight is 547 g/mol. The van der Waals surface area contributed by atoms with Gasteiger partial charge in [-0.2, -0.15) is 32.3 Å². The molecular weight excluding hydrogens is 530 g/mol. The number of nitrogens with zero attached hydrogens (tertiary/aromatic N) is 5. The molecule has 1 unspecified atom stereocenters. The van der Waals surface area contributed by atoms with E-state index in [0.29, 0.717) is 24.0 Å². The number of aryl methyl sites for hydroxylation is 1. The van der Waals surface area contributed by atoms with Gasteiger partial charge in [0.25, 0.3) is 12.1 Å². The summed E-state index contributed by atoms with van der Waals surface area (Å²) in [4.78, 5) is 12.7. The van der Waals surface area contributed by atoms with E-state index in [1.807, 2.05) is 0 Å². The summed E-state index contributed by atoms with van der Waals surface area (Å²) < 4.78 is 84.4. The average Bonchev–Trinajstić information content (AvgIpc) is 3.32. The number of alkyl halides is 6. The van der Waals surface area contributed by atoms with Crippen LogP contribution in [-0.2, 0) is 7.05 Å². The molecule has 8 nitrogen and oxygen atoms in total. The number of carbonyl (C=O) groups is 1. The van der Waals surface area contributed by atoms with Crippen LogP contribution in [0.5, 0.6) is 5.88 Å². The first-order valence-corrected chi connectivity index (χ1v) is 11.0. The number of aromatic nitrogens is 4. The molecule has 1 aliphatic rings. The van der Waals surface area contributed by atoms with E-state index < -0.39 is 35.8 Å². The highest BCUT2D eigenvalue weighted by Crippen LogP contribution is 2.38. The Kier molecular flexibility index (Phi) is 6.39. The van der Waals surface area contributed by atoms with Crippen molar-refractivity contribution in [2.75, 3.05) is 0 Å². The lowest BCUT2D eigenvalue weighted by molar-refractivity contribution is -0.305. The van der Waals surface area contributed by atoms with E-state index in [0.717, 1.165) is 4.68 Å². The van der Waals surface area contributed by atoms with Gasteiger partial charge in [-0.3, -0.25) is 4.79 Å². The summed E-state index contributed by atoms with van der Waals surface area (Å²) in [5, 5.41) is 19.8. The number of carbonyl (C=O) groups excluding carboxylic acids is 1. The Hall–Kier alpha value is -3.73. The lowest BCUT2D eigenvalue weighted by Crippen LogP contribution is -2.45. The predicted molar refractivity (Wildman–Crippen MR) is 117 cm³/mol. The summed E-state index contributed by atoms with van der Waals surface area (Å²) in [5.74, 6) is -1.40. The van der Waals surface area contributed by atoms with E-state index in [1.54, 1.807) is 6.07 Å². The Bertz CT molecular complexity index is 1410. The van der Waals surface area contributed by atoms with Gasteiger partial charge in [0.15, 0.2) is 5.82 Å². The lowest BCUT2D eigenvalue weighted by atomic mass is 10.1. The van der Waals surface area contributed by atoms with Crippen molar-refractivity contribution in [3.8, 4) is 28.9 Å². The minimum Gasteiger partial charge on any atom is -0.410 e. The van der Waals surface area contributed by atoms with Crippen molar-refractivity contribution in [2.45, 2.75) is 43.8 Å². The Balaban J connectivity index is 1.61. The second-order valence-electron chi connectivity index (χ2n) is 8.46. The second-order valence-corrected chi connectivity index (χ2v) is 8.87. The summed E-state index contributed by atoms with van der Waals surface area (Å²) in [5.41, 5.74) is 0.0384. The van der Waals surface area contributed by atoms with Crippen molar-refractivity contribution in [3.05, 3.63) is 46.7 Å². The fraction of sp³-hybridized carbons (Fsp3) is 0.364. The lowest BCUT2D eigenvalue weighted by Gasteiger charge is -2.22. The zero-order valence-corrected chi connectivity index (χ0v) is 19.8. The van der Waals surface area contributed by atoms with Crippen molar-refractivity contribution in [2.24, 2.45) is 7.05 Å². The minimum atomic E-state index is -5.84. The number of hydrogen-bond acceptors (Lipinski definition) is 5. The number of benzene rings is 1. The maximum absolute atomic E-state index is 13.8. The van der Waals surface area contributed by atoms with Crippen LogP contribution in [0.15, 0.2) is 30.6 Å². The fourth-order valence-electron chi connectivity index (χ4n) is 3.53. The molecule has 15 heteroatoms.